The van der Waals surface area contributed by atoms with Crippen molar-refractivity contribution >= 4 is 5.91 Å². The average molecular weight is 302 g/mol. The fraction of sp³-hybridized carbons (Fsp3) is 0.588. The highest BCUT2D eigenvalue weighted by molar-refractivity contribution is 5.98. The van der Waals surface area contributed by atoms with E-state index in [1.165, 1.54) is 12.8 Å². The van der Waals surface area contributed by atoms with Crippen molar-refractivity contribution in [2.24, 2.45) is 5.41 Å². The first-order valence-electron chi connectivity index (χ1n) is 8.16. The minimum atomic E-state index is 0.0813. The van der Waals surface area contributed by atoms with E-state index in [0.29, 0.717) is 35.7 Å². The van der Waals surface area contributed by atoms with Crippen molar-refractivity contribution in [2.75, 3.05) is 39.4 Å². The van der Waals surface area contributed by atoms with E-state index in [9.17, 15) is 4.79 Å². The summed E-state index contributed by atoms with van der Waals surface area (Å²) in [6.07, 6.45) is 3.46. The van der Waals surface area contributed by atoms with Gasteiger partial charge in [0.05, 0.1) is 5.56 Å². The van der Waals surface area contributed by atoms with Gasteiger partial charge in [0.15, 0.2) is 11.5 Å². The molecule has 0 aromatic heterocycles. The molecule has 1 aromatic rings. The Hall–Kier alpha value is -1.75. The molecule has 118 valence electrons. The van der Waals surface area contributed by atoms with E-state index in [1.54, 1.807) is 0 Å². The van der Waals surface area contributed by atoms with E-state index in [1.807, 2.05) is 23.1 Å². The molecule has 0 radical (unpaired) electrons. The summed E-state index contributed by atoms with van der Waals surface area (Å²) < 4.78 is 11.3. The van der Waals surface area contributed by atoms with Crippen LogP contribution in [0.5, 0.6) is 11.5 Å². The lowest BCUT2D eigenvalue weighted by Crippen LogP contribution is -2.39. The van der Waals surface area contributed by atoms with Crippen molar-refractivity contribution in [3.05, 3.63) is 23.8 Å². The van der Waals surface area contributed by atoms with Gasteiger partial charge in [-0.2, -0.15) is 0 Å². The van der Waals surface area contributed by atoms with Crippen LogP contribution in [0.15, 0.2) is 18.2 Å². The van der Waals surface area contributed by atoms with Crippen molar-refractivity contribution in [1.29, 1.82) is 0 Å². The topological polar surface area (TPSA) is 50.8 Å². The zero-order chi connectivity index (χ0) is 15.0. The van der Waals surface area contributed by atoms with Gasteiger partial charge in [0, 0.05) is 13.1 Å². The lowest BCUT2D eigenvalue weighted by Gasteiger charge is -2.33. The number of hydrogen-bond acceptors (Lipinski definition) is 4. The van der Waals surface area contributed by atoms with Gasteiger partial charge < -0.3 is 19.7 Å². The first-order chi connectivity index (χ1) is 10.8. The second-order valence-corrected chi connectivity index (χ2v) is 6.56. The zero-order valence-electron chi connectivity index (χ0n) is 12.8. The summed E-state index contributed by atoms with van der Waals surface area (Å²) >= 11 is 0. The van der Waals surface area contributed by atoms with Crippen molar-refractivity contribution in [3.8, 4) is 11.5 Å². The van der Waals surface area contributed by atoms with Gasteiger partial charge in [0.25, 0.3) is 5.91 Å². The number of hydrogen-bond donors (Lipinski definition) is 1. The van der Waals surface area contributed by atoms with Gasteiger partial charge in [-0.3, -0.25) is 4.79 Å². The van der Waals surface area contributed by atoms with Crippen molar-refractivity contribution in [2.45, 2.75) is 19.3 Å². The first-order valence-corrected chi connectivity index (χ1v) is 8.16. The van der Waals surface area contributed by atoms with E-state index in [-0.39, 0.29) is 5.91 Å². The number of carbonyl (C=O) groups is 1. The molecule has 5 heteroatoms. The number of ether oxygens (including phenoxy) is 2. The van der Waals surface area contributed by atoms with Gasteiger partial charge in [-0.1, -0.05) is 6.07 Å². The number of nitrogens with one attached hydrogen (secondary N) is 1. The SMILES string of the molecule is O=C(c1cccc2c1OCCO2)N1CCC2(CCNCC2)C1. The van der Waals surface area contributed by atoms with E-state index in [4.69, 9.17) is 9.47 Å². The first kappa shape index (κ1) is 13.9. The number of rotatable bonds is 1. The average Bonchev–Trinajstić information content (AvgIpc) is 2.98. The smallest absolute Gasteiger partial charge is 0.257 e. The molecule has 1 aromatic carbocycles. The van der Waals surface area contributed by atoms with Gasteiger partial charge in [-0.05, 0) is 49.9 Å². The summed E-state index contributed by atoms with van der Waals surface area (Å²) in [6.45, 7) is 4.91. The van der Waals surface area contributed by atoms with Crippen molar-refractivity contribution in [3.63, 3.8) is 0 Å². The molecule has 1 spiro atoms. The summed E-state index contributed by atoms with van der Waals surface area (Å²) in [6, 6.07) is 5.59. The molecule has 2 fully saturated rings. The lowest BCUT2D eigenvalue weighted by atomic mass is 9.78. The van der Waals surface area contributed by atoms with Crippen LogP contribution in [-0.2, 0) is 0 Å². The molecule has 3 aliphatic heterocycles. The van der Waals surface area contributed by atoms with Crippen LogP contribution < -0.4 is 14.8 Å². The third-order valence-electron chi connectivity index (χ3n) is 5.19. The Bertz CT molecular complexity index is 581. The Kier molecular flexibility index (Phi) is 3.45. The maximum atomic E-state index is 12.9. The summed E-state index contributed by atoms with van der Waals surface area (Å²) in [4.78, 5) is 14.9. The highest BCUT2D eigenvalue weighted by atomic mass is 16.6. The predicted octanol–water partition coefficient (Wildman–Crippen LogP) is 1.67. The van der Waals surface area contributed by atoms with Crippen molar-refractivity contribution < 1.29 is 14.3 Å². The van der Waals surface area contributed by atoms with Gasteiger partial charge in [-0.15, -0.1) is 0 Å². The molecule has 0 unspecified atom stereocenters. The molecule has 0 bridgehead atoms. The Morgan fingerprint density at radius 2 is 1.95 bits per heavy atom. The Morgan fingerprint density at radius 1 is 1.14 bits per heavy atom. The number of fused-ring (bicyclic) bond motifs is 1. The number of benzene rings is 1. The normalized spacial score (nSPS) is 22.8. The molecule has 0 aliphatic carbocycles. The fourth-order valence-corrected chi connectivity index (χ4v) is 3.89. The Morgan fingerprint density at radius 3 is 2.82 bits per heavy atom. The quantitative estimate of drug-likeness (QED) is 0.857. The molecule has 4 rings (SSSR count). The second-order valence-electron chi connectivity index (χ2n) is 6.56. The van der Waals surface area contributed by atoms with Crippen LogP contribution in [0.3, 0.4) is 0 Å². The van der Waals surface area contributed by atoms with Crippen LogP contribution in [-0.4, -0.2) is 50.2 Å². The van der Waals surface area contributed by atoms with E-state index >= 15 is 0 Å². The highest BCUT2D eigenvalue weighted by Crippen LogP contribution is 2.40. The molecule has 1 amide bonds. The molecule has 2 saturated heterocycles. The molecular weight excluding hydrogens is 280 g/mol. The number of likely N-dealkylation sites (tertiary alicyclic amines) is 1. The third-order valence-corrected chi connectivity index (χ3v) is 5.19. The van der Waals surface area contributed by atoms with Crippen LogP contribution in [0.4, 0.5) is 0 Å². The lowest BCUT2D eigenvalue weighted by molar-refractivity contribution is 0.0751. The maximum absolute atomic E-state index is 12.9. The fourth-order valence-electron chi connectivity index (χ4n) is 3.89. The molecule has 1 N–H and O–H groups in total. The molecular formula is C17H22N2O3. The van der Waals surface area contributed by atoms with Crippen LogP contribution in [0.2, 0.25) is 0 Å². The van der Waals surface area contributed by atoms with Gasteiger partial charge >= 0.3 is 0 Å². The second kappa shape index (κ2) is 5.47. The number of amides is 1. The van der Waals surface area contributed by atoms with Gasteiger partial charge in [0.1, 0.15) is 13.2 Å². The van der Waals surface area contributed by atoms with E-state index in [0.717, 1.165) is 32.6 Å². The van der Waals surface area contributed by atoms with Gasteiger partial charge in [0.2, 0.25) is 0 Å². The molecule has 22 heavy (non-hydrogen) atoms. The van der Waals surface area contributed by atoms with Crippen LogP contribution in [0, 0.1) is 5.41 Å². The number of para-hydroxylation sites is 1. The summed E-state index contributed by atoms with van der Waals surface area (Å²) in [7, 11) is 0. The molecule has 0 atom stereocenters. The molecule has 0 saturated carbocycles. The van der Waals surface area contributed by atoms with Gasteiger partial charge in [-0.25, -0.2) is 0 Å². The predicted molar refractivity (Wildman–Crippen MR) is 82.5 cm³/mol. The largest absolute Gasteiger partial charge is 0.486 e. The van der Waals surface area contributed by atoms with Crippen LogP contribution in [0.1, 0.15) is 29.6 Å². The molecule has 3 heterocycles. The summed E-state index contributed by atoms with van der Waals surface area (Å²) in [5, 5.41) is 3.41. The molecule has 5 nitrogen and oxygen atoms in total. The van der Waals surface area contributed by atoms with Crippen molar-refractivity contribution in [1.82, 2.24) is 10.2 Å². The molecule has 3 aliphatic rings. The third kappa shape index (κ3) is 2.33. The Balaban J connectivity index is 1.55. The maximum Gasteiger partial charge on any atom is 0.257 e. The Labute approximate surface area is 130 Å². The van der Waals surface area contributed by atoms with E-state index < -0.39 is 0 Å². The summed E-state index contributed by atoms with van der Waals surface area (Å²) in [5.41, 5.74) is 0.968. The zero-order valence-corrected chi connectivity index (χ0v) is 12.8. The van der Waals surface area contributed by atoms with Crippen LogP contribution >= 0.6 is 0 Å². The highest BCUT2D eigenvalue weighted by Gasteiger charge is 2.41. The monoisotopic (exact) mass is 302 g/mol. The minimum absolute atomic E-state index is 0.0813. The number of piperidine rings is 1. The summed E-state index contributed by atoms with van der Waals surface area (Å²) in [5.74, 6) is 1.38. The minimum Gasteiger partial charge on any atom is -0.486 e. The van der Waals surface area contributed by atoms with E-state index in [2.05, 4.69) is 5.32 Å². The number of nitrogens with zero attached hydrogens (tertiary/aromatic N) is 1. The number of carbonyl (C=O) groups excluding carboxylic acids is 1. The standard InChI is InChI=1S/C17H22N2O3/c20-16(13-2-1-3-14-15(13)22-11-10-21-14)19-9-6-17(12-19)4-7-18-8-5-17/h1-3,18H,4-12H2. The van der Waals surface area contributed by atoms with Crippen LogP contribution in [0.25, 0.3) is 0 Å².